The lowest BCUT2D eigenvalue weighted by Gasteiger charge is -2.16. The molecular formula is C19H25ClN4O2S. The van der Waals surface area contributed by atoms with Crippen molar-refractivity contribution in [2.45, 2.75) is 51.0 Å². The predicted octanol–water partition coefficient (Wildman–Crippen LogP) is 4.26. The number of hydrogen-bond donors (Lipinski definition) is 1. The molecule has 146 valence electrons. The molecule has 1 amide bonds. The maximum absolute atomic E-state index is 12.0. The zero-order chi connectivity index (χ0) is 19.8. The van der Waals surface area contributed by atoms with Gasteiger partial charge in [0.15, 0.2) is 17.1 Å². The third-order valence-corrected chi connectivity index (χ3v) is 5.19. The number of aromatic nitrogens is 3. The summed E-state index contributed by atoms with van der Waals surface area (Å²) >= 11 is 7.51. The summed E-state index contributed by atoms with van der Waals surface area (Å²) in [5.74, 6) is 1.49. The van der Waals surface area contributed by atoms with E-state index in [0.29, 0.717) is 28.3 Å². The third-order valence-electron chi connectivity index (χ3n) is 3.91. The van der Waals surface area contributed by atoms with Gasteiger partial charge in [0, 0.05) is 12.6 Å². The van der Waals surface area contributed by atoms with Crippen molar-refractivity contribution in [1.82, 2.24) is 20.1 Å². The Hall–Kier alpha value is -1.99. The SMILES string of the molecule is C=CCn1c(SCC(=O)NC(C)CC)nnc1C(C)Oc1ccccc1Cl. The molecule has 2 aromatic rings. The van der Waals surface area contributed by atoms with E-state index in [1.807, 2.05) is 43.5 Å². The van der Waals surface area contributed by atoms with Crippen LogP contribution in [0.4, 0.5) is 0 Å². The molecule has 2 atom stereocenters. The second-order valence-electron chi connectivity index (χ2n) is 6.10. The van der Waals surface area contributed by atoms with Crippen LogP contribution in [-0.2, 0) is 11.3 Å². The molecule has 2 unspecified atom stereocenters. The van der Waals surface area contributed by atoms with Gasteiger partial charge in [-0.3, -0.25) is 9.36 Å². The molecule has 0 aliphatic heterocycles. The van der Waals surface area contributed by atoms with Gasteiger partial charge in [-0.1, -0.05) is 48.5 Å². The average molecular weight is 409 g/mol. The second-order valence-corrected chi connectivity index (χ2v) is 7.45. The number of rotatable bonds is 10. The van der Waals surface area contributed by atoms with Crippen molar-refractivity contribution in [3.8, 4) is 5.75 Å². The normalized spacial score (nSPS) is 13.0. The highest BCUT2D eigenvalue weighted by atomic mass is 35.5. The number of thioether (sulfide) groups is 1. The van der Waals surface area contributed by atoms with Crippen molar-refractivity contribution in [3.05, 3.63) is 47.8 Å². The topological polar surface area (TPSA) is 69.0 Å². The summed E-state index contributed by atoms with van der Waals surface area (Å²) in [7, 11) is 0. The molecule has 0 fully saturated rings. The molecular weight excluding hydrogens is 384 g/mol. The Morgan fingerprint density at radius 1 is 1.41 bits per heavy atom. The van der Waals surface area contributed by atoms with E-state index in [1.165, 1.54) is 11.8 Å². The molecule has 6 nitrogen and oxygen atoms in total. The van der Waals surface area contributed by atoms with Crippen molar-refractivity contribution in [3.63, 3.8) is 0 Å². The molecule has 0 aliphatic carbocycles. The molecule has 0 saturated heterocycles. The summed E-state index contributed by atoms with van der Waals surface area (Å²) in [6, 6.07) is 7.44. The standard InChI is InChI=1S/C19H25ClN4O2S/c1-5-11-24-18(14(4)26-16-10-8-7-9-15(16)20)22-23-19(24)27-12-17(25)21-13(3)6-2/h5,7-10,13-14H,1,6,11-12H2,2-4H3,(H,21,25). The summed E-state index contributed by atoms with van der Waals surface area (Å²) < 4.78 is 7.84. The van der Waals surface area contributed by atoms with Gasteiger partial charge in [-0.05, 0) is 32.4 Å². The van der Waals surface area contributed by atoms with Crippen molar-refractivity contribution >= 4 is 29.3 Å². The molecule has 1 aromatic heterocycles. The summed E-state index contributed by atoms with van der Waals surface area (Å²) in [6.07, 6.45) is 2.29. The summed E-state index contributed by atoms with van der Waals surface area (Å²) in [5.41, 5.74) is 0. The van der Waals surface area contributed by atoms with Crippen LogP contribution >= 0.6 is 23.4 Å². The zero-order valence-corrected chi connectivity index (χ0v) is 17.4. The van der Waals surface area contributed by atoms with E-state index in [9.17, 15) is 4.79 Å². The minimum absolute atomic E-state index is 0.0237. The number of carbonyl (C=O) groups excluding carboxylic acids is 1. The Labute approximate surface area is 169 Å². The van der Waals surface area contributed by atoms with Gasteiger partial charge < -0.3 is 10.1 Å². The van der Waals surface area contributed by atoms with E-state index in [2.05, 4.69) is 22.1 Å². The highest BCUT2D eigenvalue weighted by Crippen LogP contribution is 2.29. The van der Waals surface area contributed by atoms with Gasteiger partial charge in [0.2, 0.25) is 5.91 Å². The molecule has 8 heteroatoms. The van der Waals surface area contributed by atoms with E-state index in [-0.39, 0.29) is 23.8 Å². The number of ether oxygens (including phenoxy) is 1. The van der Waals surface area contributed by atoms with Crippen LogP contribution in [0.2, 0.25) is 5.02 Å². The fraction of sp³-hybridized carbons (Fsp3) is 0.421. The van der Waals surface area contributed by atoms with Crippen molar-refractivity contribution < 1.29 is 9.53 Å². The maximum Gasteiger partial charge on any atom is 0.230 e. The summed E-state index contributed by atoms with van der Waals surface area (Å²) in [5, 5.41) is 12.6. The Morgan fingerprint density at radius 3 is 2.81 bits per heavy atom. The Balaban J connectivity index is 2.10. The van der Waals surface area contributed by atoms with Gasteiger partial charge in [-0.2, -0.15) is 0 Å². The molecule has 1 heterocycles. The quantitative estimate of drug-likeness (QED) is 0.469. The first-order valence-corrected chi connectivity index (χ1v) is 10.2. The van der Waals surface area contributed by atoms with Crippen LogP contribution in [0.25, 0.3) is 0 Å². The number of benzene rings is 1. The first kappa shape index (κ1) is 21.3. The number of nitrogens with one attached hydrogen (secondary N) is 1. The Kier molecular flexibility index (Phi) is 8.19. The maximum atomic E-state index is 12.0. The minimum atomic E-state index is -0.361. The lowest BCUT2D eigenvalue weighted by molar-refractivity contribution is -0.119. The molecule has 0 saturated carbocycles. The smallest absolute Gasteiger partial charge is 0.230 e. The van der Waals surface area contributed by atoms with E-state index in [0.717, 1.165) is 6.42 Å². The second kappa shape index (κ2) is 10.4. The van der Waals surface area contributed by atoms with Gasteiger partial charge in [-0.25, -0.2) is 0 Å². The Bertz CT molecular complexity index is 781. The molecule has 1 aromatic carbocycles. The van der Waals surface area contributed by atoms with Gasteiger partial charge in [0.05, 0.1) is 10.8 Å². The number of hydrogen-bond acceptors (Lipinski definition) is 5. The van der Waals surface area contributed by atoms with Crippen LogP contribution in [0.5, 0.6) is 5.75 Å². The molecule has 27 heavy (non-hydrogen) atoms. The summed E-state index contributed by atoms with van der Waals surface area (Å²) in [4.78, 5) is 12.0. The van der Waals surface area contributed by atoms with Crippen molar-refractivity contribution in [1.29, 1.82) is 0 Å². The van der Waals surface area contributed by atoms with Crippen LogP contribution < -0.4 is 10.1 Å². The molecule has 0 aliphatic rings. The first-order chi connectivity index (χ1) is 13.0. The van der Waals surface area contributed by atoms with Crippen LogP contribution in [0, 0.1) is 0 Å². The molecule has 2 rings (SSSR count). The predicted molar refractivity (Wildman–Crippen MR) is 109 cm³/mol. The number of carbonyl (C=O) groups is 1. The molecule has 0 spiro atoms. The zero-order valence-electron chi connectivity index (χ0n) is 15.8. The fourth-order valence-electron chi connectivity index (χ4n) is 2.34. The van der Waals surface area contributed by atoms with Crippen LogP contribution in [0.15, 0.2) is 42.1 Å². The van der Waals surface area contributed by atoms with Crippen molar-refractivity contribution in [2.75, 3.05) is 5.75 Å². The van der Waals surface area contributed by atoms with E-state index >= 15 is 0 Å². The Morgan fingerprint density at radius 2 is 2.15 bits per heavy atom. The van der Waals surface area contributed by atoms with Gasteiger partial charge in [0.25, 0.3) is 0 Å². The van der Waals surface area contributed by atoms with Gasteiger partial charge in [-0.15, -0.1) is 16.8 Å². The van der Waals surface area contributed by atoms with Gasteiger partial charge in [0.1, 0.15) is 5.75 Å². The third kappa shape index (κ3) is 6.01. The van der Waals surface area contributed by atoms with E-state index in [4.69, 9.17) is 16.3 Å². The number of allylic oxidation sites excluding steroid dienone is 1. The number of amides is 1. The monoisotopic (exact) mass is 408 g/mol. The van der Waals surface area contributed by atoms with Crippen LogP contribution in [-0.4, -0.2) is 32.5 Å². The van der Waals surface area contributed by atoms with E-state index < -0.39 is 0 Å². The molecule has 1 N–H and O–H groups in total. The lowest BCUT2D eigenvalue weighted by atomic mass is 10.3. The highest BCUT2D eigenvalue weighted by molar-refractivity contribution is 7.99. The first-order valence-electron chi connectivity index (χ1n) is 8.83. The largest absolute Gasteiger partial charge is 0.481 e. The van der Waals surface area contributed by atoms with E-state index in [1.54, 1.807) is 12.1 Å². The van der Waals surface area contributed by atoms with Crippen LogP contribution in [0.3, 0.4) is 0 Å². The molecule has 0 radical (unpaired) electrons. The van der Waals surface area contributed by atoms with Gasteiger partial charge >= 0.3 is 0 Å². The molecule has 0 bridgehead atoms. The fourth-order valence-corrected chi connectivity index (χ4v) is 3.29. The average Bonchev–Trinajstić information content (AvgIpc) is 3.05. The van der Waals surface area contributed by atoms with Crippen molar-refractivity contribution in [2.24, 2.45) is 0 Å². The lowest BCUT2D eigenvalue weighted by Crippen LogP contribution is -2.33. The summed E-state index contributed by atoms with van der Waals surface area (Å²) in [6.45, 7) is 10.2. The minimum Gasteiger partial charge on any atom is -0.481 e. The number of halogens is 1. The van der Waals surface area contributed by atoms with Crippen LogP contribution in [0.1, 0.15) is 39.1 Å². The number of para-hydroxylation sites is 1. The number of nitrogens with zero attached hydrogens (tertiary/aromatic N) is 3. The highest BCUT2D eigenvalue weighted by Gasteiger charge is 2.20.